The number of hydrogen-bond acceptors (Lipinski definition) is 6. The van der Waals surface area contributed by atoms with E-state index >= 15 is 0 Å². The van der Waals surface area contributed by atoms with Gasteiger partial charge in [-0.15, -0.1) is 0 Å². The number of methoxy groups -OCH3 is 2. The maximum absolute atomic E-state index is 13.5. The van der Waals surface area contributed by atoms with Gasteiger partial charge >= 0.3 is 5.97 Å². The van der Waals surface area contributed by atoms with Crippen LogP contribution in [0.5, 0.6) is 11.5 Å². The first-order valence-electron chi connectivity index (χ1n) is 10.1. The number of nitriles is 1. The zero-order valence-corrected chi connectivity index (χ0v) is 18.5. The SMILES string of the molecule is COC(=O)c1ccc(NC(=O)/C(C#N)=C/c2ccc(OC)cc2OCc2cccc(F)c2)cc1. The number of hydrogen-bond donors (Lipinski definition) is 1. The largest absolute Gasteiger partial charge is 0.497 e. The zero-order chi connectivity index (χ0) is 24.5. The molecule has 8 heteroatoms. The van der Waals surface area contributed by atoms with Crippen LogP contribution in [0.2, 0.25) is 0 Å². The summed E-state index contributed by atoms with van der Waals surface area (Å²) < 4.78 is 29.2. The summed E-state index contributed by atoms with van der Waals surface area (Å²) in [6, 6.07) is 18.9. The van der Waals surface area contributed by atoms with Gasteiger partial charge in [0.05, 0.1) is 19.8 Å². The van der Waals surface area contributed by atoms with Crippen molar-refractivity contribution in [2.24, 2.45) is 0 Å². The van der Waals surface area contributed by atoms with E-state index in [0.29, 0.717) is 33.9 Å². The average molecular weight is 460 g/mol. The topological polar surface area (TPSA) is 97.7 Å². The summed E-state index contributed by atoms with van der Waals surface area (Å²) in [5, 5.41) is 12.2. The third-order valence-corrected chi connectivity index (χ3v) is 4.73. The van der Waals surface area contributed by atoms with Crippen LogP contribution in [0.1, 0.15) is 21.5 Å². The number of rotatable bonds is 8. The van der Waals surface area contributed by atoms with Crippen molar-refractivity contribution in [1.82, 2.24) is 0 Å². The summed E-state index contributed by atoms with van der Waals surface area (Å²) in [4.78, 5) is 24.2. The number of anilines is 1. The Hall–Kier alpha value is -4.64. The lowest BCUT2D eigenvalue weighted by Crippen LogP contribution is -2.13. The number of esters is 1. The van der Waals surface area contributed by atoms with E-state index < -0.39 is 11.9 Å². The molecule has 3 aromatic carbocycles. The number of amides is 1. The monoisotopic (exact) mass is 460 g/mol. The molecule has 0 aromatic heterocycles. The predicted molar refractivity (Wildman–Crippen MR) is 124 cm³/mol. The molecular weight excluding hydrogens is 439 g/mol. The Morgan fingerprint density at radius 2 is 1.82 bits per heavy atom. The maximum Gasteiger partial charge on any atom is 0.337 e. The van der Waals surface area contributed by atoms with E-state index in [-0.39, 0.29) is 18.0 Å². The van der Waals surface area contributed by atoms with Crippen molar-refractivity contribution in [2.45, 2.75) is 6.61 Å². The van der Waals surface area contributed by atoms with E-state index in [1.54, 1.807) is 30.3 Å². The Balaban J connectivity index is 1.81. The highest BCUT2D eigenvalue weighted by Gasteiger charge is 2.13. The van der Waals surface area contributed by atoms with Crippen LogP contribution in [-0.2, 0) is 16.1 Å². The van der Waals surface area contributed by atoms with Crippen molar-refractivity contribution in [3.63, 3.8) is 0 Å². The minimum atomic E-state index is -0.639. The zero-order valence-electron chi connectivity index (χ0n) is 18.5. The third kappa shape index (κ3) is 6.20. The molecule has 0 fully saturated rings. The van der Waals surface area contributed by atoms with Crippen molar-refractivity contribution in [2.75, 3.05) is 19.5 Å². The van der Waals surface area contributed by atoms with Gasteiger partial charge in [-0.2, -0.15) is 5.26 Å². The van der Waals surface area contributed by atoms with Gasteiger partial charge in [-0.1, -0.05) is 12.1 Å². The fourth-order valence-corrected chi connectivity index (χ4v) is 2.98. The molecule has 0 bridgehead atoms. The molecule has 0 aliphatic rings. The highest BCUT2D eigenvalue weighted by atomic mass is 19.1. The molecule has 0 aliphatic heterocycles. The van der Waals surface area contributed by atoms with Crippen LogP contribution >= 0.6 is 0 Å². The van der Waals surface area contributed by atoms with Crippen LogP contribution in [0, 0.1) is 17.1 Å². The number of halogens is 1. The van der Waals surface area contributed by atoms with Crippen molar-refractivity contribution < 1.29 is 28.2 Å². The van der Waals surface area contributed by atoms with Gasteiger partial charge in [-0.25, -0.2) is 9.18 Å². The van der Waals surface area contributed by atoms with E-state index in [4.69, 9.17) is 9.47 Å². The smallest absolute Gasteiger partial charge is 0.337 e. The highest BCUT2D eigenvalue weighted by molar-refractivity contribution is 6.10. The van der Waals surface area contributed by atoms with Gasteiger partial charge in [-0.3, -0.25) is 4.79 Å². The van der Waals surface area contributed by atoms with Crippen LogP contribution in [0.3, 0.4) is 0 Å². The Morgan fingerprint density at radius 1 is 1.06 bits per heavy atom. The number of carbonyl (C=O) groups excluding carboxylic acids is 2. The number of nitrogens with zero attached hydrogens (tertiary/aromatic N) is 1. The quantitative estimate of drug-likeness (QED) is 0.296. The minimum absolute atomic E-state index is 0.0758. The van der Waals surface area contributed by atoms with Crippen LogP contribution in [0.25, 0.3) is 6.08 Å². The van der Waals surface area contributed by atoms with Crippen molar-refractivity contribution in [3.05, 3.63) is 94.8 Å². The van der Waals surface area contributed by atoms with Gasteiger partial charge in [-0.05, 0) is 60.2 Å². The number of ether oxygens (including phenoxy) is 3. The molecule has 0 radical (unpaired) electrons. The molecule has 3 rings (SSSR count). The van der Waals surface area contributed by atoms with Crippen LogP contribution in [-0.4, -0.2) is 26.1 Å². The molecular formula is C26H21FN2O5. The predicted octanol–water partition coefficient (Wildman–Crippen LogP) is 4.75. The molecule has 0 atom stereocenters. The van der Waals surface area contributed by atoms with E-state index in [1.165, 1.54) is 56.7 Å². The molecule has 1 amide bonds. The normalized spacial score (nSPS) is 10.7. The number of carbonyl (C=O) groups is 2. The lowest BCUT2D eigenvalue weighted by molar-refractivity contribution is -0.112. The van der Waals surface area contributed by atoms with Crippen LogP contribution < -0.4 is 14.8 Å². The summed E-state index contributed by atoms with van der Waals surface area (Å²) in [7, 11) is 2.78. The van der Waals surface area contributed by atoms with Gasteiger partial charge in [0.1, 0.15) is 35.6 Å². The second-order valence-corrected chi connectivity index (χ2v) is 7.02. The summed E-state index contributed by atoms with van der Waals surface area (Å²) in [6.07, 6.45) is 1.39. The summed E-state index contributed by atoms with van der Waals surface area (Å²) in [5.41, 5.74) is 1.64. The molecule has 7 nitrogen and oxygen atoms in total. The third-order valence-electron chi connectivity index (χ3n) is 4.73. The molecule has 0 unspecified atom stereocenters. The summed E-state index contributed by atoms with van der Waals surface area (Å²) in [5.74, 6) is -0.650. The first-order chi connectivity index (χ1) is 16.4. The standard InChI is InChI=1S/C26H21FN2O5/c1-32-23-11-8-19(24(14-23)34-16-17-4-3-5-21(27)12-17)13-20(15-28)25(30)29-22-9-6-18(7-10-22)26(31)33-2/h3-14H,16H2,1-2H3,(H,29,30)/b20-13+. The Kier molecular flexibility index (Phi) is 7.97. The second kappa shape index (κ2) is 11.3. The maximum atomic E-state index is 13.5. The summed E-state index contributed by atoms with van der Waals surface area (Å²) in [6.45, 7) is 0.0758. The molecule has 172 valence electrons. The van der Waals surface area contributed by atoms with Crippen LogP contribution in [0.15, 0.2) is 72.3 Å². The van der Waals surface area contributed by atoms with E-state index in [1.807, 2.05) is 6.07 Å². The molecule has 0 saturated carbocycles. The highest BCUT2D eigenvalue weighted by Crippen LogP contribution is 2.28. The fraction of sp³-hybridized carbons (Fsp3) is 0.115. The van der Waals surface area contributed by atoms with Gasteiger partial charge in [0.15, 0.2) is 0 Å². The Labute approximate surface area is 196 Å². The molecule has 1 N–H and O–H groups in total. The van der Waals surface area contributed by atoms with Crippen molar-refractivity contribution in [3.8, 4) is 17.6 Å². The second-order valence-electron chi connectivity index (χ2n) is 7.02. The fourth-order valence-electron chi connectivity index (χ4n) is 2.98. The Bertz CT molecular complexity index is 1260. The van der Waals surface area contributed by atoms with Gasteiger partial charge in [0.25, 0.3) is 5.91 Å². The van der Waals surface area contributed by atoms with Gasteiger partial charge in [0.2, 0.25) is 0 Å². The van der Waals surface area contributed by atoms with E-state index in [0.717, 1.165) is 0 Å². The number of benzene rings is 3. The van der Waals surface area contributed by atoms with E-state index in [2.05, 4.69) is 10.1 Å². The number of nitrogens with one attached hydrogen (secondary N) is 1. The minimum Gasteiger partial charge on any atom is -0.497 e. The van der Waals surface area contributed by atoms with Crippen LogP contribution in [0.4, 0.5) is 10.1 Å². The van der Waals surface area contributed by atoms with Gasteiger partial charge in [0, 0.05) is 17.3 Å². The summed E-state index contributed by atoms with van der Waals surface area (Å²) >= 11 is 0. The van der Waals surface area contributed by atoms with Crippen molar-refractivity contribution in [1.29, 1.82) is 5.26 Å². The molecule has 3 aromatic rings. The lowest BCUT2D eigenvalue weighted by atomic mass is 10.1. The molecule has 0 spiro atoms. The first-order valence-corrected chi connectivity index (χ1v) is 10.1. The first kappa shape index (κ1) is 24.0. The molecule has 0 aliphatic carbocycles. The Morgan fingerprint density at radius 3 is 2.47 bits per heavy atom. The average Bonchev–Trinajstić information content (AvgIpc) is 2.86. The molecule has 0 saturated heterocycles. The van der Waals surface area contributed by atoms with E-state index in [9.17, 15) is 19.2 Å². The van der Waals surface area contributed by atoms with Gasteiger partial charge < -0.3 is 19.5 Å². The lowest BCUT2D eigenvalue weighted by Gasteiger charge is -2.12. The molecule has 0 heterocycles. The van der Waals surface area contributed by atoms with Crippen molar-refractivity contribution >= 4 is 23.6 Å². The molecule has 34 heavy (non-hydrogen) atoms.